The van der Waals surface area contributed by atoms with E-state index in [1.54, 1.807) is 136 Å². The Hall–Kier alpha value is -6.78. The van der Waals surface area contributed by atoms with Gasteiger partial charge in [-0.1, -0.05) is 188 Å². The maximum atomic E-state index is 8.81. The van der Waals surface area contributed by atoms with E-state index in [-0.39, 0.29) is 47.8 Å². The van der Waals surface area contributed by atoms with Crippen molar-refractivity contribution < 1.29 is 45.0 Å². The Morgan fingerprint density at radius 2 is 0.991 bits per heavy atom. The first-order chi connectivity index (χ1) is 57.1. The average Bonchev–Trinajstić information content (AvgIpc) is 1.74. The van der Waals surface area contributed by atoms with Crippen LogP contribution in [-0.2, 0) is 57.8 Å². The Morgan fingerprint density at radius 1 is 0.557 bits per heavy atom. The molecule has 17 rings (SSSR count). The van der Waals surface area contributed by atoms with E-state index in [0.717, 1.165) is 92.4 Å². The molecule has 2 unspecified atom stereocenters. The van der Waals surface area contributed by atoms with Crippen LogP contribution in [0.2, 0.25) is 15.5 Å². The van der Waals surface area contributed by atoms with E-state index in [1.165, 1.54) is 55.9 Å². The number of halogens is 5. The van der Waals surface area contributed by atoms with Crippen molar-refractivity contribution in [2.45, 2.75) is 241 Å². The summed E-state index contributed by atoms with van der Waals surface area (Å²) in [5.41, 5.74) is 17.3. The second-order valence-corrected chi connectivity index (χ2v) is 40.7. The number of pyridine rings is 2. The van der Waals surface area contributed by atoms with Crippen molar-refractivity contribution >= 4 is 79.2 Å². The van der Waals surface area contributed by atoms with Crippen LogP contribution < -0.4 is 21.1 Å². The molecule has 0 aromatic carbocycles. The summed E-state index contributed by atoms with van der Waals surface area (Å²) in [6.07, 6.45) is 49.9. The molecule has 5 N–H and O–H groups in total. The molecule has 11 aromatic heterocycles. The van der Waals surface area contributed by atoms with Crippen LogP contribution in [0.5, 0.6) is 5.88 Å². The molecule has 634 valence electrons. The first kappa shape index (κ1) is 90.5. The summed E-state index contributed by atoms with van der Waals surface area (Å²) >= 11 is 17.4. The van der Waals surface area contributed by atoms with E-state index >= 15 is 0 Å². The molecule has 0 aliphatic heterocycles. The quantitative estimate of drug-likeness (QED) is 0.0270. The van der Waals surface area contributed by atoms with Crippen LogP contribution in [0, 0.1) is 32.6 Å². The normalized spacial score (nSPS) is 19.4. The third-order valence-corrected chi connectivity index (χ3v) is 30.6. The van der Waals surface area contributed by atoms with Crippen molar-refractivity contribution in [3.05, 3.63) is 199 Å². The molecule has 0 radical (unpaired) electrons. The molecule has 0 amide bonds. The molecule has 22 nitrogen and oxygen atoms in total. The Bertz CT molecular complexity index is 4550. The van der Waals surface area contributed by atoms with Gasteiger partial charge in [-0.2, -0.15) is 44.6 Å². The first-order valence-corrected chi connectivity index (χ1v) is 44.1. The van der Waals surface area contributed by atoms with Crippen molar-refractivity contribution in [1.29, 1.82) is 0 Å². The molecule has 11 aromatic rings. The van der Waals surface area contributed by atoms with E-state index in [2.05, 4.69) is 121 Å². The van der Waals surface area contributed by atoms with Crippen molar-refractivity contribution in [1.82, 2.24) is 83.1 Å². The predicted octanol–water partition coefficient (Wildman–Crippen LogP) is 21.7. The molecule has 115 heavy (non-hydrogen) atoms. The van der Waals surface area contributed by atoms with E-state index < -0.39 is 0 Å². The molecule has 0 saturated heterocycles. The summed E-state index contributed by atoms with van der Waals surface area (Å²) in [5.74, 6) is 5.27. The maximum Gasteiger partial charge on any atom is 2.00 e. The van der Waals surface area contributed by atoms with Gasteiger partial charge >= 0.3 is 17.1 Å². The van der Waals surface area contributed by atoms with Crippen LogP contribution in [0.25, 0.3) is 16.9 Å². The van der Waals surface area contributed by atoms with Crippen molar-refractivity contribution in [2.75, 3.05) is 23.8 Å². The zero-order valence-corrected chi connectivity index (χ0v) is 74.5. The largest absolute Gasteiger partial charge is 2.00 e. The zero-order valence-electron chi connectivity index (χ0n) is 75.3. The Kier molecular flexibility index (Phi) is 37.1. The van der Waals surface area contributed by atoms with Crippen molar-refractivity contribution in [2.24, 2.45) is 44.6 Å². The minimum atomic E-state index is 0. The van der Waals surface area contributed by atoms with Crippen LogP contribution in [0.1, 0.15) is 226 Å². The molecular weight excluding hydrogens is 1600 g/mol. The van der Waals surface area contributed by atoms with Crippen LogP contribution in [0.15, 0.2) is 141 Å². The van der Waals surface area contributed by atoms with Gasteiger partial charge in [0.15, 0.2) is 16.9 Å². The molecule has 6 fully saturated rings. The third-order valence-electron chi connectivity index (χ3n) is 21.7. The van der Waals surface area contributed by atoms with E-state index in [1.807, 2.05) is 107 Å². The Labute approximate surface area is 718 Å². The number of hydrogen-bond acceptors (Lipinski definition) is 16. The molecule has 7 atom stereocenters. The summed E-state index contributed by atoms with van der Waals surface area (Å²) in [4.78, 5) is 21.4. The molecule has 6 aliphatic carbocycles. The molecule has 6 saturated carbocycles. The fourth-order valence-corrected chi connectivity index (χ4v) is 27.8. The predicted molar refractivity (Wildman–Crippen MR) is 471 cm³/mol. The maximum absolute atomic E-state index is 8.81. The summed E-state index contributed by atoms with van der Waals surface area (Å²) in [6, 6.07) is 22.6. The van der Waals surface area contributed by atoms with Crippen LogP contribution in [-0.4, -0.2) is 134 Å². The second-order valence-electron chi connectivity index (χ2n) is 32.2. The number of aliphatic hydroxyl groups is 1. The molecular formula is C85H129Cl3F2FeN20O2P2. The van der Waals surface area contributed by atoms with Gasteiger partial charge in [-0.05, 0) is 120 Å². The Morgan fingerprint density at radius 3 is 1.43 bits per heavy atom. The van der Waals surface area contributed by atoms with Crippen LogP contribution >= 0.6 is 50.6 Å². The number of nitrogens with one attached hydrogen (secondary N) is 2. The number of aromatic nitrogens is 17. The number of hydrogen-bond donors (Lipinski definition) is 4. The standard InChI is InChI=1S/C27H52P2.C20H21N7O.C11H11ClN6.C9H11NO.C6H3Cl2N3.C5H9N3.C5H10.2CH3.F2.Fe.3H2/c1-21(29(26(2,3)4)27(5,6)7)24-19-14-20-25(24)28(22-15-10-8-11-16-22)23-17-12-9-13-18-23;1-26-12-14(11-24-26)10-22-19-9-20(25-18-5-7-23-27(18)19)28-13-15-8-16(15)17-4-2-3-6-21-17;1-17-7-8(6-15-17)5-13-11-4-9(12)16-10-2-3-14-18(10)11;11-6-7-5-8(7)9-3-1-2-4-10-9;7-4-3-5(8)11-6(10-4)1-2-9-11;1-8-4-5(2-6)3-7-8;1-2-4-5-3-1;;;1-2;;;;/h21-25H,8-20H2,1-7H3;2-7,9,11-12,15-16,22H,8,10,13H2,1H3;2-4,6-7,13H,5H2,1H3;1-4,7-8,11H,5-6H2;1-3H;3-4H,2,6H2,1H3;1-5H2;2*1H3;;;3*1H/q;;;;;;;2*-1;;+2;;;/t21-,24?,25?;15-,16+;;7-,8+;;;;;;;;;;/m10.1........../s1/i;;;;;;;;;;;3*1+1D. The van der Waals surface area contributed by atoms with Gasteiger partial charge in [0, 0.05) is 179 Å². The first-order valence-electron chi connectivity index (χ1n) is 43.0. The third kappa shape index (κ3) is 28.5. The van der Waals surface area contributed by atoms with Crippen molar-refractivity contribution in [3.63, 3.8) is 0 Å². The van der Waals surface area contributed by atoms with E-state index in [0.29, 0.717) is 93.8 Å². The van der Waals surface area contributed by atoms with Gasteiger partial charge in [-0.3, -0.25) is 24.0 Å². The summed E-state index contributed by atoms with van der Waals surface area (Å²) in [6.45, 7) is 20.8. The minimum absolute atomic E-state index is 0. The topological polar surface area (TPSA) is 249 Å². The van der Waals surface area contributed by atoms with Gasteiger partial charge < -0.3 is 41.1 Å². The second kappa shape index (κ2) is 47.1. The molecule has 0 spiro atoms. The van der Waals surface area contributed by atoms with Gasteiger partial charge in [0.25, 0.3) is 0 Å². The zero-order chi connectivity index (χ0) is 85.7. The number of nitrogens with two attached hydrogens (primary N) is 1. The number of aryl methyl sites for hydroxylation is 3. The monoisotopic (exact) mass is 1730 g/mol. The summed E-state index contributed by atoms with van der Waals surface area (Å²) < 4.78 is 62.3. The smallest absolute Gasteiger partial charge is 0.477 e. The van der Waals surface area contributed by atoms with Crippen LogP contribution in [0.3, 0.4) is 0 Å². The molecule has 11 heterocycles. The Balaban J connectivity index is 0.000000308. The van der Waals surface area contributed by atoms with Crippen molar-refractivity contribution in [3.8, 4) is 5.88 Å². The number of rotatable bonds is 18. The number of nitrogens with zero attached hydrogens (tertiary/aromatic N) is 17. The van der Waals surface area contributed by atoms with Crippen LogP contribution in [0.4, 0.5) is 20.8 Å². The summed E-state index contributed by atoms with van der Waals surface area (Å²) in [7, 11) is 5.92. The van der Waals surface area contributed by atoms with E-state index in [9.17, 15) is 0 Å². The van der Waals surface area contributed by atoms with Gasteiger partial charge in [-0.25, -0.2) is 14.5 Å². The molecule has 0 bridgehead atoms. The minimum Gasteiger partial charge on any atom is -0.477 e. The van der Waals surface area contributed by atoms with E-state index in [4.69, 9.17) is 68.4 Å². The number of aliphatic hydroxyl groups excluding tert-OH is 1. The number of fused-ring (bicyclic) bond motifs is 3. The van der Waals surface area contributed by atoms with Gasteiger partial charge in [0.2, 0.25) is 5.88 Å². The van der Waals surface area contributed by atoms with Gasteiger partial charge in [0.05, 0.1) is 43.8 Å². The number of ether oxygens (including phenoxy) is 1. The van der Waals surface area contributed by atoms with Gasteiger partial charge in [-0.15, -0.1) is 0 Å². The molecule has 6 aliphatic rings. The SMILES string of the molecule is C1CCCC1.C[C@H](C1CCCC1P(C1CCCCC1)C1CCCCC1)P(C(C)(C)C)C(C)(C)C.Clc1cc(Cl)n2nccc2n1.Cn1cc(CN)cn1.Cn1cc(CNc2cc(Cl)nc3ccnn23)cn1.Cn1cc(CNc2cc(OC[C@@H]3C[C@H]3c3ccccn3)nc3ccnn23)cn1.FF.OC[C@H]1C[C@@H]1c1ccccn1.[2H][2H].[2H][2H].[2H][2H].[CH3-].[CH3-].[Fe+2]. The van der Waals surface area contributed by atoms with Gasteiger partial charge in [0.1, 0.15) is 27.1 Å². The molecule has 30 heteroatoms. The summed E-state index contributed by atoms with van der Waals surface area (Å²) in [5, 5.41) is 42.4. The number of anilines is 2. The average molecular weight is 1730 g/mol. The fourth-order valence-electron chi connectivity index (χ4n) is 16.8. The fraction of sp³-hybridized carbons (Fsp3) is 0.541.